The van der Waals surface area contributed by atoms with Gasteiger partial charge in [-0.3, -0.25) is 0 Å². The van der Waals surface area contributed by atoms with Gasteiger partial charge in [0.15, 0.2) is 0 Å². The van der Waals surface area contributed by atoms with Gasteiger partial charge in [0.2, 0.25) is 0 Å². The maximum atomic E-state index is 2.56. The van der Waals surface area contributed by atoms with Crippen LogP contribution in [0.1, 0.15) is 65.7 Å². The van der Waals surface area contributed by atoms with Crippen molar-refractivity contribution < 1.29 is 0 Å². The van der Waals surface area contributed by atoms with Crippen molar-refractivity contribution in [2.75, 3.05) is 0 Å². The first-order valence-electron chi connectivity index (χ1n) is 7.00. The fraction of sp³-hybridized carbons (Fsp3) is 1.00. The van der Waals surface area contributed by atoms with Gasteiger partial charge in [-0.25, -0.2) is 0 Å². The average molecular weight is 206 g/mol. The van der Waals surface area contributed by atoms with Gasteiger partial charge in [0.1, 0.15) is 0 Å². The highest BCUT2D eigenvalue weighted by atomic mass is 14.6. The molecule has 0 saturated heterocycles. The third-order valence-corrected chi connectivity index (χ3v) is 6.06. The van der Waals surface area contributed by atoms with E-state index in [0.717, 1.165) is 23.2 Å². The molecule has 2 bridgehead atoms. The topological polar surface area (TPSA) is 0 Å². The third kappa shape index (κ3) is 1.47. The van der Waals surface area contributed by atoms with Crippen molar-refractivity contribution in [1.82, 2.24) is 0 Å². The van der Waals surface area contributed by atoms with Gasteiger partial charge in [-0.1, -0.05) is 33.6 Å². The molecule has 0 aliphatic heterocycles. The van der Waals surface area contributed by atoms with Gasteiger partial charge in [0.05, 0.1) is 0 Å². The van der Waals surface area contributed by atoms with E-state index in [1.807, 2.05) is 0 Å². The summed E-state index contributed by atoms with van der Waals surface area (Å²) < 4.78 is 0. The molecule has 3 fully saturated rings. The molecule has 0 nitrogen and oxygen atoms in total. The fourth-order valence-corrected chi connectivity index (χ4v) is 5.07. The molecule has 86 valence electrons. The summed E-state index contributed by atoms with van der Waals surface area (Å²) in [6.07, 6.45) is 10.7. The van der Waals surface area contributed by atoms with Crippen LogP contribution in [0.4, 0.5) is 0 Å². The summed E-state index contributed by atoms with van der Waals surface area (Å²) in [4.78, 5) is 0. The lowest BCUT2D eigenvalue weighted by molar-refractivity contribution is 0.00326. The number of fused-ring (bicyclic) bond motifs is 2. The quantitative estimate of drug-likeness (QED) is 0.586. The molecule has 0 heterocycles. The maximum absolute atomic E-state index is 2.56. The Hall–Kier alpha value is 0. The van der Waals surface area contributed by atoms with Crippen LogP contribution in [0.2, 0.25) is 0 Å². The van der Waals surface area contributed by atoms with Gasteiger partial charge in [0, 0.05) is 0 Å². The van der Waals surface area contributed by atoms with E-state index in [1.54, 1.807) is 19.3 Å². The molecule has 0 aromatic rings. The van der Waals surface area contributed by atoms with Crippen LogP contribution in [-0.4, -0.2) is 0 Å². The first-order valence-corrected chi connectivity index (χ1v) is 7.00. The van der Waals surface area contributed by atoms with Crippen LogP contribution in [0.25, 0.3) is 0 Å². The van der Waals surface area contributed by atoms with Crippen LogP contribution < -0.4 is 0 Å². The molecule has 4 atom stereocenters. The van der Waals surface area contributed by atoms with E-state index in [4.69, 9.17) is 0 Å². The molecular weight excluding hydrogens is 180 g/mol. The van der Waals surface area contributed by atoms with Gasteiger partial charge in [-0.2, -0.15) is 0 Å². The Morgan fingerprint density at radius 3 is 2.27 bits per heavy atom. The van der Waals surface area contributed by atoms with E-state index in [0.29, 0.717) is 5.41 Å². The predicted octanol–water partition coefficient (Wildman–Crippen LogP) is 4.64. The molecule has 0 aromatic heterocycles. The molecule has 3 saturated carbocycles. The van der Waals surface area contributed by atoms with Gasteiger partial charge >= 0.3 is 0 Å². The van der Waals surface area contributed by atoms with E-state index in [2.05, 4.69) is 20.8 Å². The zero-order chi connectivity index (χ0) is 10.7. The number of hydrogen-bond donors (Lipinski definition) is 0. The van der Waals surface area contributed by atoms with Crippen molar-refractivity contribution >= 4 is 0 Å². The minimum atomic E-state index is 0.679. The Morgan fingerprint density at radius 1 is 0.933 bits per heavy atom. The fourth-order valence-electron chi connectivity index (χ4n) is 5.07. The number of rotatable bonds is 1. The highest BCUT2D eigenvalue weighted by Crippen LogP contribution is 2.62. The first kappa shape index (κ1) is 10.2. The second kappa shape index (κ2) is 3.02. The molecule has 15 heavy (non-hydrogen) atoms. The Bertz CT molecular complexity index is 265. The molecule has 0 spiro atoms. The van der Waals surface area contributed by atoms with Crippen molar-refractivity contribution in [3.05, 3.63) is 0 Å². The number of hydrogen-bond acceptors (Lipinski definition) is 0. The molecule has 3 aliphatic rings. The minimum Gasteiger partial charge on any atom is -0.0596 e. The Kier molecular flexibility index (Phi) is 2.05. The summed E-state index contributed by atoms with van der Waals surface area (Å²) in [5.74, 6) is 3.27. The average Bonchev–Trinajstić information content (AvgIpc) is 2.35. The molecule has 0 amide bonds. The van der Waals surface area contributed by atoms with E-state index < -0.39 is 0 Å². The van der Waals surface area contributed by atoms with Crippen molar-refractivity contribution in [3.63, 3.8) is 0 Å². The molecule has 0 heteroatoms. The van der Waals surface area contributed by atoms with Gasteiger partial charge in [-0.15, -0.1) is 0 Å². The lowest BCUT2D eigenvalue weighted by Crippen LogP contribution is -2.41. The normalized spacial score (nSPS) is 52.6. The van der Waals surface area contributed by atoms with E-state index in [-0.39, 0.29) is 0 Å². The van der Waals surface area contributed by atoms with E-state index >= 15 is 0 Å². The molecule has 3 rings (SSSR count). The maximum Gasteiger partial charge on any atom is -0.0320 e. The first-order chi connectivity index (χ1) is 7.00. The monoisotopic (exact) mass is 206 g/mol. The van der Waals surface area contributed by atoms with E-state index in [9.17, 15) is 0 Å². The summed E-state index contributed by atoms with van der Waals surface area (Å²) in [7, 11) is 0. The second-order valence-corrected chi connectivity index (χ2v) is 7.67. The van der Waals surface area contributed by atoms with Crippen LogP contribution in [0.3, 0.4) is 0 Å². The predicted molar refractivity (Wildman–Crippen MR) is 64.7 cm³/mol. The zero-order valence-electron chi connectivity index (χ0n) is 10.7. The molecule has 0 aromatic carbocycles. The summed E-state index contributed by atoms with van der Waals surface area (Å²) in [5.41, 5.74) is 1.43. The lowest BCUT2D eigenvalue weighted by atomic mass is 9.56. The molecular formula is C15H26. The molecule has 4 unspecified atom stereocenters. The van der Waals surface area contributed by atoms with Crippen molar-refractivity contribution in [2.45, 2.75) is 65.7 Å². The van der Waals surface area contributed by atoms with Crippen LogP contribution in [0.5, 0.6) is 0 Å². The van der Waals surface area contributed by atoms with Crippen LogP contribution in [0.15, 0.2) is 0 Å². The highest BCUT2D eigenvalue weighted by Gasteiger charge is 2.52. The third-order valence-electron chi connectivity index (χ3n) is 6.06. The van der Waals surface area contributed by atoms with Crippen LogP contribution >= 0.6 is 0 Å². The Labute approximate surface area is 94.8 Å². The summed E-state index contributed by atoms with van der Waals surface area (Å²) in [6, 6.07) is 0. The Balaban J connectivity index is 1.78. The van der Waals surface area contributed by atoms with Crippen molar-refractivity contribution in [3.8, 4) is 0 Å². The SMILES string of the molecule is CC12CCCC(C1)C(C1CCC1(C)C)C2. The standard InChI is InChI=1S/C15H26/c1-14(2)8-6-13(14)12-10-15(3)7-4-5-11(12)9-15/h11-13H,4-10H2,1-3H3. The van der Waals surface area contributed by atoms with Gasteiger partial charge in [-0.05, 0) is 60.7 Å². The smallest absolute Gasteiger partial charge is 0.0320 e. The Morgan fingerprint density at radius 2 is 1.73 bits per heavy atom. The zero-order valence-corrected chi connectivity index (χ0v) is 10.7. The van der Waals surface area contributed by atoms with Crippen LogP contribution in [0, 0.1) is 28.6 Å². The van der Waals surface area contributed by atoms with Crippen molar-refractivity contribution in [1.29, 1.82) is 0 Å². The summed E-state index contributed by atoms with van der Waals surface area (Å²) >= 11 is 0. The largest absolute Gasteiger partial charge is 0.0596 e. The lowest BCUT2D eigenvalue weighted by Gasteiger charge is -2.49. The van der Waals surface area contributed by atoms with Gasteiger partial charge in [0.25, 0.3) is 0 Å². The summed E-state index contributed by atoms with van der Waals surface area (Å²) in [6.45, 7) is 7.57. The highest BCUT2D eigenvalue weighted by molar-refractivity contribution is 5.02. The molecule has 0 N–H and O–H groups in total. The van der Waals surface area contributed by atoms with Crippen molar-refractivity contribution in [2.24, 2.45) is 28.6 Å². The van der Waals surface area contributed by atoms with Crippen LogP contribution in [-0.2, 0) is 0 Å². The second-order valence-electron chi connectivity index (χ2n) is 7.67. The molecule has 3 aliphatic carbocycles. The van der Waals surface area contributed by atoms with Gasteiger partial charge < -0.3 is 0 Å². The molecule has 0 radical (unpaired) electrons. The summed E-state index contributed by atoms with van der Waals surface area (Å²) in [5, 5.41) is 0. The minimum absolute atomic E-state index is 0.679. The van der Waals surface area contributed by atoms with E-state index in [1.165, 1.54) is 25.7 Å².